The van der Waals surface area contributed by atoms with Crippen LogP contribution in [0.5, 0.6) is 5.75 Å². The first kappa shape index (κ1) is 17.0. The molecule has 0 aliphatic heterocycles. The van der Waals surface area contributed by atoms with Gasteiger partial charge in [0.05, 0.1) is 11.7 Å². The van der Waals surface area contributed by atoms with Crippen molar-refractivity contribution >= 4 is 11.9 Å². The molecule has 1 aromatic carbocycles. The summed E-state index contributed by atoms with van der Waals surface area (Å²) in [5.41, 5.74) is 0.390. The van der Waals surface area contributed by atoms with Gasteiger partial charge in [0.25, 0.3) is 5.91 Å². The largest absolute Gasteiger partial charge is 0.491 e. The van der Waals surface area contributed by atoms with Crippen molar-refractivity contribution in [3.8, 4) is 5.75 Å². The Morgan fingerprint density at radius 3 is 2.29 bits per heavy atom. The van der Waals surface area contributed by atoms with Crippen molar-refractivity contribution in [3.05, 3.63) is 29.8 Å². The molecule has 0 bridgehead atoms. The van der Waals surface area contributed by atoms with Crippen LogP contribution in [0.3, 0.4) is 0 Å². The third-order valence-electron chi connectivity index (χ3n) is 2.66. The van der Waals surface area contributed by atoms with E-state index in [2.05, 4.69) is 5.32 Å². The summed E-state index contributed by atoms with van der Waals surface area (Å²) in [6.07, 6.45) is 0.102. The summed E-state index contributed by atoms with van der Waals surface area (Å²) in [6.45, 7) is 7.94. The second-order valence-electron chi connectivity index (χ2n) is 5.03. The zero-order valence-corrected chi connectivity index (χ0v) is 13.0. The van der Waals surface area contributed by atoms with E-state index in [0.29, 0.717) is 17.9 Å². The number of benzene rings is 1. The monoisotopic (exact) mass is 293 g/mol. The van der Waals surface area contributed by atoms with Crippen LogP contribution >= 0.6 is 0 Å². The summed E-state index contributed by atoms with van der Waals surface area (Å²) in [5, 5.41) is 2.68. The second-order valence-corrected chi connectivity index (χ2v) is 5.03. The van der Waals surface area contributed by atoms with Crippen molar-refractivity contribution in [1.82, 2.24) is 5.32 Å². The summed E-state index contributed by atoms with van der Waals surface area (Å²) >= 11 is 0. The van der Waals surface area contributed by atoms with Gasteiger partial charge in [0.1, 0.15) is 5.75 Å². The molecule has 5 heteroatoms. The van der Waals surface area contributed by atoms with Crippen LogP contribution in [-0.2, 0) is 9.53 Å². The van der Waals surface area contributed by atoms with E-state index in [1.807, 2.05) is 20.8 Å². The minimum atomic E-state index is -0.810. The van der Waals surface area contributed by atoms with Crippen molar-refractivity contribution in [1.29, 1.82) is 0 Å². The number of ether oxygens (including phenoxy) is 2. The topological polar surface area (TPSA) is 64.6 Å². The third kappa shape index (κ3) is 5.85. The lowest BCUT2D eigenvalue weighted by atomic mass is 10.2. The van der Waals surface area contributed by atoms with E-state index in [1.165, 1.54) is 0 Å². The molecule has 0 spiro atoms. The van der Waals surface area contributed by atoms with Gasteiger partial charge < -0.3 is 14.8 Å². The molecule has 21 heavy (non-hydrogen) atoms. The van der Waals surface area contributed by atoms with E-state index in [9.17, 15) is 9.59 Å². The molecule has 1 N–H and O–H groups in total. The summed E-state index contributed by atoms with van der Waals surface area (Å²) in [5.74, 6) is -0.120. The SMILES string of the molecule is CCCNC(=O)[C@H](C)OC(=O)c1ccc(OC(C)C)cc1. The molecule has 5 nitrogen and oxygen atoms in total. The molecular formula is C16H23NO4. The minimum Gasteiger partial charge on any atom is -0.491 e. The van der Waals surface area contributed by atoms with Gasteiger partial charge in [0, 0.05) is 6.54 Å². The fourth-order valence-corrected chi connectivity index (χ4v) is 1.62. The van der Waals surface area contributed by atoms with Crippen molar-refractivity contribution in [3.63, 3.8) is 0 Å². The quantitative estimate of drug-likeness (QED) is 0.785. The van der Waals surface area contributed by atoms with Crippen molar-refractivity contribution in [2.75, 3.05) is 6.54 Å². The molecule has 1 aromatic rings. The zero-order valence-electron chi connectivity index (χ0n) is 13.0. The molecule has 0 heterocycles. The number of carbonyl (C=O) groups is 2. The maximum atomic E-state index is 11.9. The molecule has 1 amide bonds. The maximum Gasteiger partial charge on any atom is 0.338 e. The normalized spacial score (nSPS) is 11.9. The van der Waals surface area contributed by atoms with E-state index in [1.54, 1.807) is 31.2 Å². The van der Waals surface area contributed by atoms with E-state index in [4.69, 9.17) is 9.47 Å². The highest BCUT2D eigenvalue weighted by molar-refractivity contribution is 5.92. The molecule has 0 aliphatic rings. The highest BCUT2D eigenvalue weighted by Crippen LogP contribution is 2.15. The van der Waals surface area contributed by atoms with Gasteiger partial charge in [0.2, 0.25) is 0 Å². The fourth-order valence-electron chi connectivity index (χ4n) is 1.62. The van der Waals surface area contributed by atoms with Crippen molar-refractivity contribution < 1.29 is 19.1 Å². The van der Waals surface area contributed by atoms with Gasteiger partial charge in [-0.25, -0.2) is 4.79 Å². The molecule has 0 fully saturated rings. The predicted octanol–water partition coefficient (Wildman–Crippen LogP) is 2.55. The number of rotatable bonds is 7. The number of amides is 1. The number of carbonyl (C=O) groups excluding carboxylic acids is 2. The molecule has 0 unspecified atom stereocenters. The van der Waals surface area contributed by atoms with Crippen LogP contribution in [0.25, 0.3) is 0 Å². The van der Waals surface area contributed by atoms with Crippen LogP contribution in [0.2, 0.25) is 0 Å². The van der Waals surface area contributed by atoms with Crippen LogP contribution < -0.4 is 10.1 Å². The Morgan fingerprint density at radius 1 is 1.14 bits per heavy atom. The molecule has 0 aromatic heterocycles. The van der Waals surface area contributed by atoms with Gasteiger partial charge in [-0.15, -0.1) is 0 Å². The smallest absolute Gasteiger partial charge is 0.338 e. The van der Waals surface area contributed by atoms with Crippen molar-refractivity contribution in [2.45, 2.75) is 46.3 Å². The second kappa shape index (κ2) is 8.29. The first-order chi connectivity index (χ1) is 9.93. The molecule has 1 atom stereocenters. The molecule has 1 rings (SSSR count). The lowest BCUT2D eigenvalue weighted by Crippen LogP contribution is -2.36. The molecule has 0 saturated heterocycles. The predicted molar refractivity (Wildman–Crippen MR) is 80.4 cm³/mol. The van der Waals surface area contributed by atoms with Gasteiger partial charge in [-0.1, -0.05) is 6.92 Å². The summed E-state index contributed by atoms with van der Waals surface area (Å²) in [6, 6.07) is 6.66. The molecular weight excluding hydrogens is 270 g/mol. The standard InChI is InChI=1S/C16H23NO4/c1-5-10-17-15(18)12(4)21-16(19)13-6-8-14(9-7-13)20-11(2)3/h6-9,11-12H,5,10H2,1-4H3,(H,17,18)/t12-/m0/s1. The minimum absolute atomic E-state index is 0.0742. The first-order valence-corrected chi connectivity index (χ1v) is 7.19. The van der Waals surface area contributed by atoms with Gasteiger partial charge >= 0.3 is 5.97 Å². The zero-order chi connectivity index (χ0) is 15.8. The summed E-state index contributed by atoms with van der Waals surface area (Å²) in [4.78, 5) is 23.6. The van der Waals surface area contributed by atoms with E-state index in [0.717, 1.165) is 6.42 Å². The molecule has 0 saturated carbocycles. The van der Waals surface area contributed by atoms with Gasteiger partial charge in [-0.2, -0.15) is 0 Å². The molecule has 0 aliphatic carbocycles. The van der Waals surface area contributed by atoms with E-state index in [-0.39, 0.29) is 12.0 Å². The first-order valence-electron chi connectivity index (χ1n) is 7.19. The Kier molecular flexibility index (Phi) is 6.72. The Labute approximate surface area is 125 Å². The Bertz CT molecular complexity index is 468. The average Bonchev–Trinajstić information content (AvgIpc) is 2.44. The Balaban J connectivity index is 2.57. The highest BCUT2D eigenvalue weighted by Gasteiger charge is 2.18. The lowest BCUT2D eigenvalue weighted by molar-refractivity contribution is -0.129. The summed E-state index contributed by atoms with van der Waals surface area (Å²) in [7, 11) is 0. The van der Waals surface area contributed by atoms with Gasteiger partial charge in [-0.3, -0.25) is 4.79 Å². The van der Waals surface area contributed by atoms with Crippen LogP contribution in [0.15, 0.2) is 24.3 Å². The number of hydrogen-bond acceptors (Lipinski definition) is 4. The third-order valence-corrected chi connectivity index (χ3v) is 2.66. The van der Waals surface area contributed by atoms with Crippen molar-refractivity contribution in [2.24, 2.45) is 0 Å². The van der Waals surface area contributed by atoms with Gasteiger partial charge in [-0.05, 0) is 51.5 Å². The number of nitrogens with one attached hydrogen (secondary N) is 1. The fraction of sp³-hybridized carbons (Fsp3) is 0.500. The maximum absolute atomic E-state index is 11.9. The number of esters is 1. The van der Waals surface area contributed by atoms with Crippen LogP contribution in [0.1, 0.15) is 44.5 Å². The summed E-state index contributed by atoms with van der Waals surface area (Å²) < 4.78 is 10.6. The molecule has 116 valence electrons. The Hall–Kier alpha value is -2.04. The van der Waals surface area contributed by atoms with E-state index < -0.39 is 12.1 Å². The average molecular weight is 293 g/mol. The lowest BCUT2D eigenvalue weighted by Gasteiger charge is -2.13. The highest BCUT2D eigenvalue weighted by atomic mass is 16.5. The van der Waals surface area contributed by atoms with Crippen LogP contribution in [0.4, 0.5) is 0 Å². The Morgan fingerprint density at radius 2 is 1.76 bits per heavy atom. The van der Waals surface area contributed by atoms with Gasteiger partial charge in [0.15, 0.2) is 6.10 Å². The molecule has 0 radical (unpaired) electrons. The van der Waals surface area contributed by atoms with E-state index >= 15 is 0 Å². The van der Waals surface area contributed by atoms with Crippen LogP contribution in [-0.4, -0.2) is 30.6 Å². The van der Waals surface area contributed by atoms with Crippen LogP contribution in [0, 0.1) is 0 Å². The number of hydrogen-bond donors (Lipinski definition) is 1.